The zero-order valence-electron chi connectivity index (χ0n) is 18.6. The number of halogens is 1. The van der Waals surface area contributed by atoms with Crippen molar-refractivity contribution >= 4 is 17.3 Å². The van der Waals surface area contributed by atoms with Gasteiger partial charge in [-0.3, -0.25) is 9.59 Å². The summed E-state index contributed by atoms with van der Waals surface area (Å²) < 4.78 is 14.5. The van der Waals surface area contributed by atoms with Crippen LogP contribution in [0.25, 0.3) is 0 Å². The standard InChI is InChI=1S/C24H35FN2O4/c1-23-6-3-13(27-31-14-5-8-26-11-14)9-17(23)15(12-28)21(29)20-16(23)4-7-24(2)18(20)10-19(25)22(24)30/h14-20,26,28H,3-12H2,1-2H3. The zero-order chi connectivity index (χ0) is 22.0. The van der Waals surface area contributed by atoms with Gasteiger partial charge in [0.05, 0.1) is 12.3 Å². The van der Waals surface area contributed by atoms with Crippen LogP contribution in [0.2, 0.25) is 0 Å². The fraction of sp³-hybridized carbons (Fsp3) is 0.875. The van der Waals surface area contributed by atoms with Gasteiger partial charge in [-0.1, -0.05) is 19.0 Å². The summed E-state index contributed by atoms with van der Waals surface area (Å²) >= 11 is 0. The smallest absolute Gasteiger partial charge is 0.173 e. The van der Waals surface area contributed by atoms with E-state index in [0.717, 1.165) is 44.5 Å². The van der Waals surface area contributed by atoms with Crippen LogP contribution in [-0.4, -0.2) is 54.4 Å². The highest BCUT2D eigenvalue weighted by Crippen LogP contribution is 2.65. The summed E-state index contributed by atoms with van der Waals surface area (Å²) in [6.45, 7) is 5.69. The average molecular weight is 435 g/mol. The number of hydrogen-bond donors (Lipinski definition) is 2. The van der Waals surface area contributed by atoms with Crippen molar-refractivity contribution in [2.45, 2.75) is 71.1 Å². The Balaban J connectivity index is 1.42. The minimum absolute atomic E-state index is 0.0201. The van der Waals surface area contributed by atoms with Crippen molar-refractivity contribution in [2.24, 2.45) is 45.6 Å². The minimum Gasteiger partial charge on any atom is -0.396 e. The van der Waals surface area contributed by atoms with Crippen molar-refractivity contribution in [1.82, 2.24) is 5.32 Å². The number of aliphatic hydroxyl groups is 1. The summed E-state index contributed by atoms with van der Waals surface area (Å²) in [5, 5.41) is 18.0. The van der Waals surface area contributed by atoms with Gasteiger partial charge in [0.1, 0.15) is 11.9 Å². The summed E-state index contributed by atoms with van der Waals surface area (Å²) in [4.78, 5) is 32.0. The molecule has 5 fully saturated rings. The van der Waals surface area contributed by atoms with Crippen molar-refractivity contribution in [3.8, 4) is 0 Å². The van der Waals surface area contributed by atoms with Gasteiger partial charge in [0.2, 0.25) is 0 Å². The number of nitrogens with zero attached hydrogens (tertiary/aromatic N) is 1. The van der Waals surface area contributed by atoms with Crippen LogP contribution < -0.4 is 5.32 Å². The molecule has 0 aromatic rings. The third-order valence-corrected chi connectivity index (χ3v) is 9.79. The van der Waals surface area contributed by atoms with Crippen LogP contribution in [0.5, 0.6) is 0 Å². The van der Waals surface area contributed by atoms with Gasteiger partial charge in [-0.15, -0.1) is 0 Å². The van der Waals surface area contributed by atoms with E-state index in [1.54, 1.807) is 0 Å². The molecule has 0 aromatic carbocycles. The van der Waals surface area contributed by atoms with E-state index in [-0.39, 0.29) is 59.8 Å². The fourth-order valence-electron chi connectivity index (χ4n) is 7.90. The number of fused-ring (bicyclic) bond motifs is 5. The van der Waals surface area contributed by atoms with Gasteiger partial charge in [0, 0.05) is 30.2 Å². The molecule has 9 unspecified atom stereocenters. The molecule has 1 heterocycles. The molecule has 7 heteroatoms. The second-order valence-corrected chi connectivity index (χ2v) is 11.1. The number of rotatable bonds is 3. The quantitative estimate of drug-likeness (QED) is 0.667. The molecule has 4 saturated carbocycles. The Hall–Kier alpha value is -1.34. The normalized spacial score (nSPS) is 50.8. The van der Waals surface area contributed by atoms with E-state index in [2.05, 4.69) is 17.4 Å². The maximum absolute atomic E-state index is 14.5. The Morgan fingerprint density at radius 1 is 1.19 bits per heavy atom. The summed E-state index contributed by atoms with van der Waals surface area (Å²) in [6.07, 6.45) is 3.61. The van der Waals surface area contributed by atoms with Crippen molar-refractivity contribution in [1.29, 1.82) is 0 Å². The highest BCUT2D eigenvalue weighted by molar-refractivity contribution is 5.95. The predicted molar refractivity (Wildman–Crippen MR) is 113 cm³/mol. The Kier molecular flexibility index (Phi) is 5.28. The average Bonchev–Trinajstić information content (AvgIpc) is 3.35. The number of hydrogen-bond acceptors (Lipinski definition) is 6. The van der Waals surface area contributed by atoms with Gasteiger partial charge in [0.15, 0.2) is 12.0 Å². The molecule has 5 aliphatic rings. The topological polar surface area (TPSA) is 88.0 Å². The number of Topliss-reactive ketones (excluding diaryl/α,β-unsaturated/α-hetero) is 2. The van der Waals surface area contributed by atoms with E-state index in [9.17, 15) is 19.1 Å². The van der Waals surface area contributed by atoms with Gasteiger partial charge in [0.25, 0.3) is 0 Å². The van der Waals surface area contributed by atoms with Crippen LogP contribution in [-0.2, 0) is 14.4 Å². The molecular weight excluding hydrogens is 399 g/mol. The van der Waals surface area contributed by atoms with Crippen LogP contribution in [0, 0.1) is 40.4 Å². The number of ketones is 2. The van der Waals surface area contributed by atoms with Gasteiger partial charge in [-0.05, 0) is 68.2 Å². The number of alkyl halides is 1. The lowest BCUT2D eigenvalue weighted by molar-refractivity contribution is -0.166. The van der Waals surface area contributed by atoms with Crippen molar-refractivity contribution in [3.63, 3.8) is 0 Å². The van der Waals surface area contributed by atoms with Crippen LogP contribution in [0.1, 0.15) is 58.8 Å². The summed E-state index contributed by atoms with van der Waals surface area (Å²) in [6, 6.07) is 0. The van der Waals surface area contributed by atoms with Gasteiger partial charge in [-0.25, -0.2) is 4.39 Å². The molecule has 1 aliphatic heterocycles. The first kappa shape index (κ1) is 21.5. The van der Waals surface area contributed by atoms with E-state index < -0.39 is 17.5 Å². The molecule has 0 amide bonds. The molecule has 6 nitrogen and oxygen atoms in total. The second-order valence-electron chi connectivity index (χ2n) is 11.1. The first-order valence-corrected chi connectivity index (χ1v) is 12.0. The Morgan fingerprint density at radius 2 is 2.00 bits per heavy atom. The Bertz CT molecular complexity index is 796. The van der Waals surface area contributed by atoms with Crippen LogP contribution in [0.4, 0.5) is 4.39 Å². The lowest BCUT2D eigenvalue weighted by atomic mass is 9.43. The molecule has 5 rings (SSSR count). The number of nitrogens with one attached hydrogen (secondary N) is 1. The van der Waals surface area contributed by atoms with Gasteiger partial charge < -0.3 is 15.3 Å². The second kappa shape index (κ2) is 7.62. The molecule has 0 bridgehead atoms. The highest BCUT2D eigenvalue weighted by Gasteiger charge is 2.66. The highest BCUT2D eigenvalue weighted by atomic mass is 19.1. The molecule has 9 atom stereocenters. The first-order valence-electron chi connectivity index (χ1n) is 12.0. The van der Waals surface area contributed by atoms with E-state index >= 15 is 0 Å². The van der Waals surface area contributed by atoms with E-state index in [1.807, 2.05) is 6.92 Å². The number of carbonyl (C=O) groups is 2. The molecule has 1 saturated heterocycles. The number of aliphatic hydroxyl groups excluding tert-OH is 1. The molecule has 0 spiro atoms. The molecule has 0 radical (unpaired) electrons. The van der Waals surface area contributed by atoms with Crippen molar-refractivity contribution in [2.75, 3.05) is 19.7 Å². The fourth-order valence-corrected chi connectivity index (χ4v) is 7.90. The largest absolute Gasteiger partial charge is 0.396 e. The molecule has 172 valence electrons. The molecule has 0 aromatic heterocycles. The summed E-state index contributed by atoms with van der Waals surface area (Å²) in [7, 11) is 0. The van der Waals surface area contributed by atoms with Crippen LogP contribution in [0.15, 0.2) is 5.16 Å². The number of oxime groups is 1. The van der Waals surface area contributed by atoms with E-state index in [4.69, 9.17) is 4.84 Å². The zero-order valence-corrected chi connectivity index (χ0v) is 18.6. The summed E-state index contributed by atoms with van der Waals surface area (Å²) in [5.74, 6) is -1.12. The SMILES string of the molecule is CC12CCC3C(C(=O)C(CO)C4CC(=NOC5CCNC5)CCC43C)C1CC(F)C2=O. The lowest BCUT2D eigenvalue weighted by Crippen LogP contribution is -2.61. The first-order chi connectivity index (χ1) is 14.8. The number of carbonyl (C=O) groups excluding carboxylic acids is 2. The van der Waals surface area contributed by atoms with Gasteiger partial charge >= 0.3 is 0 Å². The minimum atomic E-state index is -1.45. The predicted octanol–water partition coefficient (Wildman–Crippen LogP) is 2.68. The Morgan fingerprint density at radius 3 is 2.71 bits per heavy atom. The maximum Gasteiger partial charge on any atom is 0.173 e. The van der Waals surface area contributed by atoms with E-state index in [0.29, 0.717) is 12.8 Å². The van der Waals surface area contributed by atoms with Crippen molar-refractivity contribution < 1.29 is 23.9 Å². The molecule has 31 heavy (non-hydrogen) atoms. The van der Waals surface area contributed by atoms with E-state index in [1.165, 1.54) is 0 Å². The van der Waals surface area contributed by atoms with Crippen LogP contribution >= 0.6 is 0 Å². The Labute approximate surface area is 183 Å². The third-order valence-electron chi connectivity index (χ3n) is 9.79. The maximum atomic E-state index is 14.5. The van der Waals surface area contributed by atoms with Crippen LogP contribution in [0.3, 0.4) is 0 Å². The molecule has 2 N–H and O–H groups in total. The lowest BCUT2D eigenvalue weighted by Gasteiger charge is -2.60. The monoisotopic (exact) mass is 434 g/mol. The van der Waals surface area contributed by atoms with Crippen molar-refractivity contribution in [3.05, 3.63) is 0 Å². The third kappa shape index (κ3) is 3.13. The summed E-state index contributed by atoms with van der Waals surface area (Å²) in [5.41, 5.74) is 0.141. The molecular formula is C24H35FN2O4. The van der Waals surface area contributed by atoms with Gasteiger partial charge in [-0.2, -0.15) is 0 Å². The molecule has 4 aliphatic carbocycles.